The van der Waals surface area contributed by atoms with E-state index in [1.54, 1.807) is 48.5 Å². The Balaban J connectivity index is 1.79. The number of allylic oxidation sites excluding steroid dienone is 3. The van der Waals surface area contributed by atoms with Gasteiger partial charge >= 0.3 is 0 Å². The number of rotatable bonds is 3. The fourth-order valence-corrected chi connectivity index (χ4v) is 2.94. The zero-order valence-corrected chi connectivity index (χ0v) is 14.7. The lowest BCUT2D eigenvalue weighted by Crippen LogP contribution is -2.05. The highest BCUT2D eigenvalue weighted by molar-refractivity contribution is 6.11. The summed E-state index contributed by atoms with van der Waals surface area (Å²) in [5.41, 5.74) is 2.46. The molecule has 0 unspecified atom stereocenters. The van der Waals surface area contributed by atoms with Crippen molar-refractivity contribution in [3.05, 3.63) is 95.6 Å². The maximum atomic E-state index is 12.7. The molecule has 5 nitrogen and oxygen atoms in total. The van der Waals surface area contributed by atoms with Crippen molar-refractivity contribution in [3.63, 3.8) is 0 Å². The third-order valence-electron chi connectivity index (χ3n) is 4.37. The van der Waals surface area contributed by atoms with Crippen LogP contribution in [0.25, 0.3) is 11.3 Å². The van der Waals surface area contributed by atoms with Crippen molar-refractivity contribution in [2.75, 3.05) is 0 Å². The molecule has 4 rings (SSSR count). The molecule has 0 aromatic heterocycles. The molecule has 28 heavy (non-hydrogen) atoms. The fraction of sp³-hybridized carbons (Fsp3) is 0. The molecule has 138 valence electrons. The fourth-order valence-electron chi connectivity index (χ4n) is 2.94. The predicted molar refractivity (Wildman–Crippen MR) is 105 cm³/mol. The van der Waals surface area contributed by atoms with Crippen LogP contribution >= 0.6 is 0 Å². The van der Waals surface area contributed by atoms with Gasteiger partial charge in [0.05, 0.1) is 0 Å². The van der Waals surface area contributed by atoms with Crippen LogP contribution in [0.2, 0.25) is 0 Å². The Bertz CT molecular complexity index is 1110. The topological polar surface area (TPSA) is 87.0 Å². The average Bonchev–Trinajstić information content (AvgIpc) is 2.68. The molecule has 0 atom stereocenters. The molecule has 0 radical (unpaired) electrons. The van der Waals surface area contributed by atoms with Gasteiger partial charge in [0.1, 0.15) is 28.8 Å². The first-order valence-corrected chi connectivity index (χ1v) is 8.57. The first-order valence-electron chi connectivity index (χ1n) is 8.57. The van der Waals surface area contributed by atoms with Crippen molar-refractivity contribution < 1.29 is 24.9 Å². The van der Waals surface area contributed by atoms with Crippen LogP contribution in [0.4, 0.5) is 0 Å². The average molecular weight is 372 g/mol. The van der Waals surface area contributed by atoms with Gasteiger partial charge in [-0.15, -0.1) is 0 Å². The minimum atomic E-state index is -0.225. The number of ketones is 1. The molecule has 3 aromatic carbocycles. The number of aromatic hydroxyl groups is 3. The monoisotopic (exact) mass is 372 g/mol. The van der Waals surface area contributed by atoms with Crippen LogP contribution in [-0.2, 0) is 0 Å². The lowest BCUT2D eigenvalue weighted by atomic mass is 9.97. The van der Waals surface area contributed by atoms with Crippen molar-refractivity contribution in [3.8, 4) is 23.0 Å². The summed E-state index contributed by atoms with van der Waals surface area (Å²) in [5.74, 6) is 0.965. The number of phenolic OH excluding ortho intramolecular Hbond substituents is 3. The minimum Gasteiger partial charge on any atom is -0.508 e. The summed E-state index contributed by atoms with van der Waals surface area (Å²) in [6.45, 7) is 0. The summed E-state index contributed by atoms with van der Waals surface area (Å²) >= 11 is 0. The summed E-state index contributed by atoms with van der Waals surface area (Å²) in [5, 5.41) is 28.7. The second-order valence-electron chi connectivity index (χ2n) is 6.35. The SMILES string of the molecule is O=C(C=C1C=C(c2ccc(O)cc2)Oc2cc(O)ccc21)c1ccc(O)cc1. The Morgan fingerprint density at radius 3 is 2.07 bits per heavy atom. The van der Waals surface area contributed by atoms with Crippen LogP contribution in [0.5, 0.6) is 23.0 Å². The minimum absolute atomic E-state index is 0.0508. The Hall–Kier alpha value is -3.99. The molecule has 1 heterocycles. The second kappa shape index (κ2) is 6.96. The molecule has 0 saturated heterocycles. The number of ether oxygens (including phenoxy) is 1. The molecule has 1 aliphatic heterocycles. The number of fused-ring (bicyclic) bond motifs is 1. The van der Waals surface area contributed by atoms with Gasteiger partial charge in [0, 0.05) is 22.8 Å². The largest absolute Gasteiger partial charge is 0.508 e. The van der Waals surface area contributed by atoms with Gasteiger partial charge in [0.25, 0.3) is 0 Å². The van der Waals surface area contributed by atoms with Crippen molar-refractivity contribution in [2.45, 2.75) is 0 Å². The number of benzene rings is 3. The Labute approximate surface area is 161 Å². The summed E-state index contributed by atoms with van der Waals surface area (Å²) in [7, 11) is 0. The van der Waals surface area contributed by atoms with Crippen LogP contribution in [0.1, 0.15) is 21.5 Å². The van der Waals surface area contributed by atoms with Crippen molar-refractivity contribution >= 4 is 17.1 Å². The van der Waals surface area contributed by atoms with Gasteiger partial charge in [0.2, 0.25) is 0 Å². The van der Waals surface area contributed by atoms with E-state index in [-0.39, 0.29) is 23.0 Å². The lowest BCUT2D eigenvalue weighted by molar-refractivity contribution is 0.104. The summed E-state index contributed by atoms with van der Waals surface area (Å²) in [4.78, 5) is 12.7. The third-order valence-corrected chi connectivity index (χ3v) is 4.37. The molecule has 0 fully saturated rings. The molecule has 0 spiro atoms. The highest BCUT2D eigenvalue weighted by Crippen LogP contribution is 2.39. The molecule has 3 N–H and O–H groups in total. The van der Waals surface area contributed by atoms with Gasteiger partial charge in [-0.25, -0.2) is 0 Å². The Morgan fingerprint density at radius 1 is 0.786 bits per heavy atom. The second-order valence-corrected chi connectivity index (χ2v) is 6.35. The van der Waals surface area contributed by atoms with Crippen molar-refractivity contribution in [1.29, 1.82) is 0 Å². The number of carbonyl (C=O) groups excluding carboxylic acids is 1. The van der Waals surface area contributed by atoms with Gasteiger partial charge < -0.3 is 20.1 Å². The molecule has 3 aromatic rings. The molecule has 1 aliphatic rings. The number of phenols is 3. The van der Waals surface area contributed by atoms with Crippen LogP contribution in [0.15, 0.2) is 78.9 Å². The van der Waals surface area contributed by atoms with E-state index in [2.05, 4.69) is 0 Å². The van der Waals surface area contributed by atoms with Gasteiger partial charge in [0.15, 0.2) is 5.78 Å². The molecular formula is C23H16O5. The molecule has 0 amide bonds. The lowest BCUT2D eigenvalue weighted by Gasteiger charge is -2.20. The van der Waals surface area contributed by atoms with Crippen LogP contribution in [0.3, 0.4) is 0 Å². The van der Waals surface area contributed by atoms with E-state index < -0.39 is 0 Å². The smallest absolute Gasteiger partial charge is 0.186 e. The predicted octanol–water partition coefficient (Wildman–Crippen LogP) is 4.50. The van der Waals surface area contributed by atoms with Crippen molar-refractivity contribution in [1.82, 2.24) is 0 Å². The van der Waals surface area contributed by atoms with Crippen molar-refractivity contribution in [2.24, 2.45) is 0 Å². The molecular weight excluding hydrogens is 356 g/mol. The maximum Gasteiger partial charge on any atom is 0.186 e. The van der Waals surface area contributed by atoms with E-state index in [4.69, 9.17) is 4.74 Å². The molecule has 0 aliphatic carbocycles. The summed E-state index contributed by atoms with van der Waals surface area (Å²) < 4.78 is 5.91. The van der Waals surface area contributed by atoms with E-state index >= 15 is 0 Å². The third kappa shape index (κ3) is 3.46. The van der Waals surface area contributed by atoms with E-state index in [9.17, 15) is 20.1 Å². The van der Waals surface area contributed by atoms with E-state index in [0.717, 1.165) is 5.56 Å². The molecule has 0 saturated carbocycles. The van der Waals surface area contributed by atoms with E-state index in [0.29, 0.717) is 28.2 Å². The van der Waals surface area contributed by atoms with Gasteiger partial charge in [-0.3, -0.25) is 4.79 Å². The highest BCUT2D eigenvalue weighted by Gasteiger charge is 2.20. The van der Waals surface area contributed by atoms with Crippen LogP contribution in [0, 0.1) is 0 Å². The van der Waals surface area contributed by atoms with Gasteiger partial charge in [-0.1, -0.05) is 0 Å². The zero-order valence-electron chi connectivity index (χ0n) is 14.7. The summed E-state index contributed by atoms with van der Waals surface area (Å²) in [6.07, 6.45) is 3.23. The Morgan fingerprint density at radius 2 is 1.39 bits per heavy atom. The van der Waals surface area contributed by atoms with Crippen LogP contribution < -0.4 is 4.74 Å². The number of hydrogen-bond acceptors (Lipinski definition) is 5. The highest BCUT2D eigenvalue weighted by atomic mass is 16.5. The normalized spacial score (nSPS) is 14.1. The standard InChI is InChI=1S/C23H16O5/c24-17-5-1-14(2-6-17)21(27)11-16-12-22(15-3-7-18(25)8-4-15)28-23-13-19(26)9-10-20(16)23/h1-13,24-26H. The van der Waals surface area contributed by atoms with Gasteiger partial charge in [-0.2, -0.15) is 0 Å². The van der Waals surface area contributed by atoms with E-state index in [1.165, 1.54) is 30.3 Å². The number of carbonyl (C=O) groups is 1. The zero-order chi connectivity index (χ0) is 19.7. The molecule has 0 bridgehead atoms. The van der Waals surface area contributed by atoms with E-state index in [1.807, 2.05) is 0 Å². The first-order chi connectivity index (χ1) is 13.5. The quantitative estimate of drug-likeness (QED) is 0.465. The van der Waals surface area contributed by atoms with Crippen LogP contribution in [-0.4, -0.2) is 21.1 Å². The maximum absolute atomic E-state index is 12.7. The first kappa shape index (κ1) is 17.4. The molecule has 5 heteroatoms. The Kier molecular flexibility index (Phi) is 4.33. The number of hydrogen-bond donors (Lipinski definition) is 3. The van der Waals surface area contributed by atoms with Gasteiger partial charge in [-0.05, 0) is 78.4 Å². The summed E-state index contributed by atoms with van der Waals surface area (Å²) in [6, 6.07) is 17.2.